The number of para-hydroxylation sites is 1. The molecule has 0 saturated carbocycles. The first-order valence-corrected chi connectivity index (χ1v) is 8.32. The Morgan fingerprint density at radius 1 is 0.852 bits per heavy atom. The quantitative estimate of drug-likeness (QED) is 0.551. The van der Waals surface area contributed by atoms with Crippen molar-refractivity contribution in [3.05, 3.63) is 90.2 Å². The van der Waals surface area contributed by atoms with Crippen molar-refractivity contribution in [2.24, 2.45) is 0 Å². The van der Waals surface area contributed by atoms with Gasteiger partial charge in [-0.2, -0.15) is 0 Å². The van der Waals surface area contributed by atoms with Gasteiger partial charge in [-0.25, -0.2) is 4.39 Å². The summed E-state index contributed by atoms with van der Waals surface area (Å²) >= 11 is 0. The largest absolute Gasteiger partial charge is 0.399 e. The first kappa shape index (κ1) is 18.1. The van der Waals surface area contributed by atoms with Gasteiger partial charge in [0.1, 0.15) is 5.82 Å². The van der Waals surface area contributed by atoms with Gasteiger partial charge >= 0.3 is 11.8 Å². The minimum absolute atomic E-state index is 0.120. The lowest BCUT2D eigenvalue weighted by Gasteiger charge is -2.22. The van der Waals surface area contributed by atoms with Gasteiger partial charge in [-0.15, -0.1) is 0 Å². The highest BCUT2D eigenvalue weighted by molar-refractivity contribution is 6.42. The summed E-state index contributed by atoms with van der Waals surface area (Å²) in [5, 5.41) is 2.57. The fourth-order valence-electron chi connectivity index (χ4n) is 2.55. The third kappa shape index (κ3) is 4.49. The summed E-state index contributed by atoms with van der Waals surface area (Å²) in [5.41, 5.74) is 8.05. The van der Waals surface area contributed by atoms with Crippen LogP contribution in [0.3, 0.4) is 0 Å². The van der Waals surface area contributed by atoms with E-state index in [0.717, 1.165) is 0 Å². The van der Waals surface area contributed by atoms with Crippen molar-refractivity contribution in [2.75, 3.05) is 10.6 Å². The SMILES string of the molecule is Nc1ccc(N(C(=O)C(=O)NCc2ccc(F)cc2)c2ccccc2)cc1. The molecule has 3 aromatic rings. The standard InChI is InChI=1S/C21H18FN3O2/c22-16-8-6-15(7-9-16)14-24-20(26)21(27)25(18-4-2-1-3-5-18)19-12-10-17(23)11-13-19/h1-13H,14,23H2,(H,24,26). The zero-order valence-electron chi connectivity index (χ0n) is 14.4. The zero-order valence-corrected chi connectivity index (χ0v) is 14.4. The van der Waals surface area contributed by atoms with E-state index in [1.807, 2.05) is 6.07 Å². The number of nitrogens with zero attached hydrogens (tertiary/aromatic N) is 1. The third-order valence-electron chi connectivity index (χ3n) is 3.93. The summed E-state index contributed by atoms with van der Waals surface area (Å²) in [5.74, 6) is -1.85. The van der Waals surface area contributed by atoms with Crippen LogP contribution in [0.5, 0.6) is 0 Å². The lowest BCUT2D eigenvalue weighted by atomic mass is 10.2. The molecule has 0 heterocycles. The van der Waals surface area contributed by atoms with E-state index in [9.17, 15) is 14.0 Å². The van der Waals surface area contributed by atoms with Crippen molar-refractivity contribution in [1.29, 1.82) is 0 Å². The van der Waals surface area contributed by atoms with Gasteiger partial charge in [0.2, 0.25) is 0 Å². The molecule has 3 rings (SSSR count). The molecule has 3 aromatic carbocycles. The summed E-state index contributed by atoms with van der Waals surface area (Å²) in [6.07, 6.45) is 0. The predicted octanol–water partition coefficient (Wildman–Crippen LogP) is 3.39. The zero-order chi connectivity index (χ0) is 19.2. The fraction of sp³-hybridized carbons (Fsp3) is 0.0476. The molecule has 6 heteroatoms. The van der Waals surface area contributed by atoms with E-state index in [1.165, 1.54) is 17.0 Å². The number of hydrogen-bond acceptors (Lipinski definition) is 3. The van der Waals surface area contributed by atoms with Crippen LogP contribution in [-0.4, -0.2) is 11.8 Å². The number of halogens is 1. The Morgan fingerprint density at radius 3 is 2.07 bits per heavy atom. The number of carbonyl (C=O) groups excluding carboxylic acids is 2. The minimum Gasteiger partial charge on any atom is -0.399 e. The van der Waals surface area contributed by atoms with Crippen LogP contribution in [0, 0.1) is 5.82 Å². The molecule has 3 N–H and O–H groups in total. The second-order valence-electron chi connectivity index (χ2n) is 5.88. The van der Waals surface area contributed by atoms with E-state index in [1.54, 1.807) is 60.7 Å². The molecule has 0 unspecified atom stereocenters. The lowest BCUT2D eigenvalue weighted by Crippen LogP contribution is -2.40. The Morgan fingerprint density at radius 2 is 1.44 bits per heavy atom. The van der Waals surface area contributed by atoms with Gasteiger partial charge in [0.25, 0.3) is 0 Å². The number of amides is 2. The summed E-state index contributed by atoms with van der Waals surface area (Å²) in [4.78, 5) is 26.6. The molecule has 0 aromatic heterocycles. The van der Waals surface area contributed by atoms with Crippen molar-refractivity contribution in [2.45, 2.75) is 6.54 Å². The number of benzene rings is 3. The highest BCUT2D eigenvalue weighted by Crippen LogP contribution is 2.26. The van der Waals surface area contributed by atoms with E-state index >= 15 is 0 Å². The fourth-order valence-corrected chi connectivity index (χ4v) is 2.55. The van der Waals surface area contributed by atoms with Crippen molar-refractivity contribution >= 4 is 28.9 Å². The molecule has 0 aliphatic heterocycles. The topological polar surface area (TPSA) is 75.4 Å². The molecule has 0 bridgehead atoms. The summed E-state index contributed by atoms with van der Waals surface area (Å²) < 4.78 is 13.0. The van der Waals surface area contributed by atoms with Crippen LogP contribution in [0.25, 0.3) is 0 Å². The molecule has 0 fully saturated rings. The molecule has 5 nitrogen and oxygen atoms in total. The molecule has 0 aliphatic carbocycles. The van der Waals surface area contributed by atoms with Gasteiger partial charge < -0.3 is 11.1 Å². The van der Waals surface area contributed by atoms with Crippen LogP contribution in [0.1, 0.15) is 5.56 Å². The second-order valence-corrected chi connectivity index (χ2v) is 5.88. The highest BCUT2D eigenvalue weighted by Gasteiger charge is 2.24. The number of nitrogens with one attached hydrogen (secondary N) is 1. The molecule has 0 spiro atoms. The molecule has 0 saturated heterocycles. The molecule has 2 amide bonds. The number of carbonyl (C=O) groups is 2. The first-order valence-electron chi connectivity index (χ1n) is 8.32. The van der Waals surface area contributed by atoms with Crippen LogP contribution in [0.2, 0.25) is 0 Å². The number of anilines is 3. The van der Waals surface area contributed by atoms with Crippen molar-refractivity contribution in [3.63, 3.8) is 0 Å². The number of nitrogen functional groups attached to an aromatic ring is 1. The third-order valence-corrected chi connectivity index (χ3v) is 3.93. The summed E-state index contributed by atoms with van der Waals surface area (Å²) in [6.45, 7) is 0.120. The Hall–Kier alpha value is -3.67. The Kier molecular flexibility index (Phi) is 5.47. The maximum absolute atomic E-state index is 13.0. The smallest absolute Gasteiger partial charge is 0.320 e. The maximum atomic E-state index is 13.0. The normalized spacial score (nSPS) is 10.3. The van der Waals surface area contributed by atoms with Crippen molar-refractivity contribution in [1.82, 2.24) is 5.32 Å². The molecule has 0 radical (unpaired) electrons. The molecule has 27 heavy (non-hydrogen) atoms. The molecule has 0 atom stereocenters. The maximum Gasteiger partial charge on any atom is 0.320 e. The van der Waals surface area contributed by atoms with Crippen LogP contribution < -0.4 is 16.0 Å². The second kappa shape index (κ2) is 8.14. The average molecular weight is 363 g/mol. The van der Waals surface area contributed by atoms with E-state index in [4.69, 9.17) is 5.73 Å². The molecular weight excluding hydrogens is 345 g/mol. The predicted molar refractivity (Wildman–Crippen MR) is 103 cm³/mol. The lowest BCUT2D eigenvalue weighted by molar-refractivity contribution is -0.137. The van der Waals surface area contributed by atoms with Crippen LogP contribution >= 0.6 is 0 Å². The van der Waals surface area contributed by atoms with Crippen molar-refractivity contribution < 1.29 is 14.0 Å². The van der Waals surface area contributed by atoms with Gasteiger partial charge in [0.05, 0.1) is 0 Å². The van der Waals surface area contributed by atoms with Gasteiger partial charge in [-0.3, -0.25) is 14.5 Å². The minimum atomic E-state index is -0.764. The van der Waals surface area contributed by atoms with Crippen molar-refractivity contribution in [3.8, 4) is 0 Å². The van der Waals surface area contributed by atoms with Gasteiger partial charge in [-0.05, 0) is 54.1 Å². The van der Waals surface area contributed by atoms with E-state index in [2.05, 4.69) is 5.32 Å². The monoisotopic (exact) mass is 363 g/mol. The molecule has 136 valence electrons. The number of nitrogens with two attached hydrogens (primary N) is 1. The van der Waals surface area contributed by atoms with Gasteiger partial charge in [-0.1, -0.05) is 30.3 Å². The first-order chi connectivity index (χ1) is 13.0. The van der Waals surface area contributed by atoms with Gasteiger partial charge in [0.15, 0.2) is 0 Å². The Balaban J connectivity index is 1.80. The Labute approximate surface area is 156 Å². The molecular formula is C21H18FN3O2. The van der Waals surface area contributed by atoms with Gasteiger partial charge in [0, 0.05) is 23.6 Å². The van der Waals surface area contributed by atoms with Crippen LogP contribution in [0.15, 0.2) is 78.9 Å². The molecule has 0 aliphatic rings. The van der Waals surface area contributed by atoms with E-state index < -0.39 is 11.8 Å². The number of rotatable bonds is 4. The van der Waals surface area contributed by atoms with Crippen LogP contribution in [-0.2, 0) is 16.1 Å². The summed E-state index contributed by atoms with van der Waals surface area (Å²) in [6, 6.07) is 21.2. The summed E-state index contributed by atoms with van der Waals surface area (Å²) in [7, 11) is 0. The highest BCUT2D eigenvalue weighted by atomic mass is 19.1. The number of hydrogen-bond donors (Lipinski definition) is 2. The van der Waals surface area contributed by atoms with E-state index in [-0.39, 0.29) is 12.4 Å². The average Bonchev–Trinajstić information content (AvgIpc) is 2.69. The van der Waals surface area contributed by atoms with E-state index in [0.29, 0.717) is 22.6 Å². The van der Waals surface area contributed by atoms with Crippen LogP contribution in [0.4, 0.5) is 21.5 Å². The Bertz CT molecular complexity index is 926.